The molecule has 0 radical (unpaired) electrons. The summed E-state index contributed by atoms with van der Waals surface area (Å²) in [6, 6.07) is 4.05. The number of rotatable bonds is 4. The van der Waals surface area contributed by atoms with E-state index in [1.807, 2.05) is 0 Å². The molecule has 1 aromatic carbocycles. The number of piperidine rings is 1. The molecule has 0 spiro atoms. The van der Waals surface area contributed by atoms with Crippen molar-refractivity contribution in [2.45, 2.75) is 48.7 Å². The molecule has 0 aliphatic carbocycles. The highest BCUT2D eigenvalue weighted by atomic mass is 32.2. The molecule has 24 heavy (non-hydrogen) atoms. The average Bonchev–Trinajstić information content (AvgIpc) is 2.84. The zero-order chi connectivity index (χ0) is 17.5. The molecule has 0 aromatic heterocycles. The summed E-state index contributed by atoms with van der Waals surface area (Å²) < 4.78 is 23.4. The Bertz CT molecular complexity index is 780. The number of nitro benzene ring substituents is 1. The van der Waals surface area contributed by atoms with Crippen molar-refractivity contribution in [3.05, 3.63) is 33.9 Å². The van der Waals surface area contributed by atoms with E-state index in [1.165, 1.54) is 6.07 Å². The molecule has 2 N–H and O–H groups in total. The molecule has 2 unspecified atom stereocenters. The highest BCUT2D eigenvalue weighted by molar-refractivity contribution is 7.90. The van der Waals surface area contributed by atoms with Crippen LogP contribution < -0.4 is 10.6 Å². The number of hydrogen-bond acceptors (Lipinski definition) is 6. The van der Waals surface area contributed by atoms with Crippen molar-refractivity contribution in [2.75, 3.05) is 6.26 Å². The Hall–Kier alpha value is -2.00. The largest absolute Gasteiger partial charge is 0.349 e. The molecule has 2 aliphatic rings. The van der Waals surface area contributed by atoms with Gasteiger partial charge in [0.2, 0.25) is 0 Å². The van der Waals surface area contributed by atoms with Gasteiger partial charge in [0.15, 0.2) is 9.84 Å². The van der Waals surface area contributed by atoms with Crippen LogP contribution in [0.5, 0.6) is 0 Å². The van der Waals surface area contributed by atoms with Crippen LogP contribution in [0.2, 0.25) is 0 Å². The van der Waals surface area contributed by atoms with Crippen molar-refractivity contribution in [1.82, 2.24) is 10.6 Å². The third-order valence-corrected chi connectivity index (χ3v) is 5.69. The van der Waals surface area contributed by atoms with Crippen LogP contribution in [-0.2, 0) is 9.84 Å². The van der Waals surface area contributed by atoms with E-state index in [4.69, 9.17) is 0 Å². The maximum atomic E-state index is 12.5. The van der Waals surface area contributed by atoms with Crippen LogP contribution in [0.4, 0.5) is 5.69 Å². The minimum absolute atomic E-state index is 0.00260. The molecule has 2 atom stereocenters. The molecule has 1 amide bonds. The van der Waals surface area contributed by atoms with E-state index in [9.17, 15) is 23.3 Å². The fraction of sp³-hybridized carbons (Fsp3) is 0.533. The summed E-state index contributed by atoms with van der Waals surface area (Å²) in [5.41, 5.74) is -0.413. The summed E-state index contributed by atoms with van der Waals surface area (Å²) in [7, 11) is -3.65. The molecule has 0 saturated carbocycles. The number of non-ortho nitro benzene ring substituents is 1. The van der Waals surface area contributed by atoms with E-state index in [-0.39, 0.29) is 16.5 Å². The second-order valence-corrected chi connectivity index (χ2v) is 8.54. The Labute approximate surface area is 139 Å². The molecule has 2 fully saturated rings. The Morgan fingerprint density at radius 1 is 1.25 bits per heavy atom. The molecular formula is C15H19N3O5S. The van der Waals surface area contributed by atoms with Crippen LogP contribution in [0.3, 0.4) is 0 Å². The summed E-state index contributed by atoms with van der Waals surface area (Å²) in [5, 5.41) is 17.4. The molecule has 2 heterocycles. The molecule has 130 valence electrons. The Kier molecular flexibility index (Phi) is 4.31. The fourth-order valence-electron chi connectivity index (χ4n) is 3.48. The standard InChI is InChI=1S/C15H19N3O5S/c1-24(22,23)14-5-9(4-13(8-14)18(20)21)15(19)17-12-6-10-2-3-11(7-12)16-10/h4-5,8,10-12,16H,2-3,6-7H2,1H3,(H,17,19). The summed E-state index contributed by atoms with van der Waals surface area (Å²) >= 11 is 0. The Balaban J connectivity index is 1.83. The van der Waals surface area contributed by atoms with Crippen molar-refractivity contribution >= 4 is 21.4 Å². The Morgan fingerprint density at radius 2 is 1.88 bits per heavy atom. The lowest BCUT2D eigenvalue weighted by Gasteiger charge is -2.29. The van der Waals surface area contributed by atoms with Gasteiger partial charge in [-0.2, -0.15) is 0 Å². The van der Waals surface area contributed by atoms with Gasteiger partial charge in [-0.15, -0.1) is 0 Å². The topological polar surface area (TPSA) is 118 Å². The quantitative estimate of drug-likeness (QED) is 0.616. The predicted molar refractivity (Wildman–Crippen MR) is 86.6 cm³/mol. The lowest BCUT2D eigenvalue weighted by Crippen LogP contribution is -2.48. The number of carbonyl (C=O) groups excluding carboxylic acids is 1. The van der Waals surface area contributed by atoms with Gasteiger partial charge in [0, 0.05) is 42.1 Å². The summed E-state index contributed by atoms with van der Waals surface area (Å²) in [5.74, 6) is -0.477. The van der Waals surface area contributed by atoms with Gasteiger partial charge < -0.3 is 10.6 Å². The van der Waals surface area contributed by atoms with Crippen LogP contribution >= 0.6 is 0 Å². The maximum Gasteiger partial charge on any atom is 0.271 e. The maximum absolute atomic E-state index is 12.5. The smallest absolute Gasteiger partial charge is 0.271 e. The first-order chi connectivity index (χ1) is 11.2. The molecule has 2 bridgehead atoms. The number of hydrogen-bond donors (Lipinski definition) is 2. The number of nitro groups is 1. The van der Waals surface area contributed by atoms with Crippen molar-refractivity contribution in [2.24, 2.45) is 0 Å². The number of sulfone groups is 1. The van der Waals surface area contributed by atoms with Crippen LogP contribution in [0, 0.1) is 10.1 Å². The van der Waals surface area contributed by atoms with E-state index in [2.05, 4.69) is 10.6 Å². The summed E-state index contributed by atoms with van der Waals surface area (Å²) in [6.07, 6.45) is 4.77. The second kappa shape index (κ2) is 6.14. The highest BCUT2D eigenvalue weighted by Crippen LogP contribution is 2.27. The third kappa shape index (κ3) is 3.57. The number of amides is 1. The van der Waals surface area contributed by atoms with Gasteiger partial charge in [-0.25, -0.2) is 8.42 Å². The number of carbonyl (C=O) groups is 1. The molecule has 8 nitrogen and oxygen atoms in total. The summed E-state index contributed by atoms with van der Waals surface area (Å²) in [4.78, 5) is 22.5. The first-order valence-corrected chi connectivity index (χ1v) is 9.68. The molecule has 1 aromatic rings. The molecule has 2 aliphatic heterocycles. The zero-order valence-corrected chi connectivity index (χ0v) is 14.0. The van der Waals surface area contributed by atoms with Crippen LogP contribution in [-0.4, -0.2) is 43.6 Å². The van der Waals surface area contributed by atoms with E-state index in [0.717, 1.165) is 44.1 Å². The van der Waals surface area contributed by atoms with Crippen molar-refractivity contribution in [1.29, 1.82) is 0 Å². The van der Waals surface area contributed by atoms with Gasteiger partial charge >= 0.3 is 0 Å². The number of nitrogens with zero attached hydrogens (tertiary/aromatic N) is 1. The normalized spacial score (nSPS) is 26.1. The van der Waals surface area contributed by atoms with Gasteiger partial charge in [-0.05, 0) is 31.7 Å². The molecule has 9 heteroatoms. The van der Waals surface area contributed by atoms with Crippen molar-refractivity contribution < 1.29 is 18.1 Å². The lowest BCUT2D eigenvalue weighted by atomic mass is 9.99. The zero-order valence-electron chi connectivity index (χ0n) is 13.2. The number of nitrogens with one attached hydrogen (secondary N) is 2. The van der Waals surface area contributed by atoms with Crippen molar-refractivity contribution in [3.63, 3.8) is 0 Å². The average molecular weight is 353 g/mol. The number of benzene rings is 1. The van der Waals surface area contributed by atoms with E-state index >= 15 is 0 Å². The molecular weight excluding hydrogens is 334 g/mol. The van der Waals surface area contributed by atoms with Gasteiger partial charge in [-0.1, -0.05) is 0 Å². The summed E-state index contributed by atoms with van der Waals surface area (Å²) in [6.45, 7) is 0. The minimum atomic E-state index is -3.65. The first-order valence-electron chi connectivity index (χ1n) is 7.79. The molecule has 2 saturated heterocycles. The second-order valence-electron chi connectivity index (χ2n) is 6.52. The highest BCUT2D eigenvalue weighted by Gasteiger charge is 2.34. The van der Waals surface area contributed by atoms with Gasteiger partial charge in [0.1, 0.15) is 0 Å². The van der Waals surface area contributed by atoms with Crippen LogP contribution in [0.1, 0.15) is 36.0 Å². The third-order valence-electron chi connectivity index (χ3n) is 4.60. The van der Waals surface area contributed by atoms with E-state index in [0.29, 0.717) is 12.1 Å². The lowest BCUT2D eigenvalue weighted by molar-refractivity contribution is -0.385. The monoisotopic (exact) mass is 353 g/mol. The van der Waals surface area contributed by atoms with Gasteiger partial charge in [0.05, 0.1) is 9.82 Å². The Morgan fingerprint density at radius 3 is 2.42 bits per heavy atom. The first kappa shape index (κ1) is 16.8. The fourth-order valence-corrected chi connectivity index (χ4v) is 4.15. The van der Waals surface area contributed by atoms with Gasteiger partial charge in [0.25, 0.3) is 11.6 Å². The minimum Gasteiger partial charge on any atom is -0.349 e. The van der Waals surface area contributed by atoms with Crippen LogP contribution in [0.25, 0.3) is 0 Å². The number of fused-ring (bicyclic) bond motifs is 2. The van der Waals surface area contributed by atoms with Crippen LogP contribution in [0.15, 0.2) is 23.1 Å². The molecule has 3 rings (SSSR count). The van der Waals surface area contributed by atoms with E-state index < -0.39 is 26.4 Å². The van der Waals surface area contributed by atoms with E-state index in [1.54, 1.807) is 0 Å². The predicted octanol–water partition coefficient (Wildman–Crippen LogP) is 1.01. The van der Waals surface area contributed by atoms with Gasteiger partial charge in [-0.3, -0.25) is 14.9 Å². The van der Waals surface area contributed by atoms with Crippen molar-refractivity contribution in [3.8, 4) is 0 Å². The SMILES string of the molecule is CS(=O)(=O)c1cc(C(=O)NC2CC3CCC(C2)N3)cc([N+](=O)[O-])c1.